The molecule has 0 atom stereocenters. The molecule has 0 fully saturated rings. The topological polar surface area (TPSA) is 110 Å². The van der Waals surface area contributed by atoms with Crippen LogP contribution in [-0.2, 0) is 0 Å². The summed E-state index contributed by atoms with van der Waals surface area (Å²) in [5, 5.41) is 20.7. The summed E-state index contributed by atoms with van der Waals surface area (Å²) in [5.74, 6) is 1.12. The van der Waals surface area contributed by atoms with Gasteiger partial charge in [-0.25, -0.2) is 4.98 Å². The fourth-order valence-electron chi connectivity index (χ4n) is 3.05. The number of ether oxygens (including phenoxy) is 1. The summed E-state index contributed by atoms with van der Waals surface area (Å²) < 4.78 is 6.99. The van der Waals surface area contributed by atoms with Crippen molar-refractivity contribution >= 4 is 28.4 Å². The van der Waals surface area contributed by atoms with Gasteiger partial charge >= 0.3 is 0 Å². The van der Waals surface area contributed by atoms with Gasteiger partial charge in [0.05, 0.1) is 34.3 Å². The minimum atomic E-state index is -0.439. The molecule has 29 heavy (non-hydrogen) atoms. The van der Waals surface area contributed by atoms with Crippen LogP contribution in [0.2, 0.25) is 0 Å². The van der Waals surface area contributed by atoms with Crippen molar-refractivity contribution < 1.29 is 9.66 Å². The summed E-state index contributed by atoms with van der Waals surface area (Å²) >= 11 is 0. The van der Waals surface area contributed by atoms with Crippen LogP contribution in [0.15, 0.2) is 60.8 Å². The number of fused-ring (bicyclic) bond motifs is 1. The Labute approximate surface area is 165 Å². The highest BCUT2D eigenvalue weighted by Gasteiger charge is 2.12. The van der Waals surface area contributed by atoms with E-state index in [1.54, 1.807) is 42.1 Å². The van der Waals surface area contributed by atoms with Gasteiger partial charge in [-0.1, -0.05) is 6.07 Å². The first-order valence-corrected chi connectivity index (χ1v) is 8.67. The van der Waals surface area contributed by atoms with Crippen molar-refractivity contribution in [1.82, 2.24) is 14.5 Å². The van der Waals surface area contributed by atoms with E-state index >= 15 is 0 Å². The maximum absolute atomic E-state index is 11.1. The lowest BCUT2D eigenvalue weighted by Gasteiger charge is -2.06. The Morgan fingerprint density at radius 3 is 2.90 bits per heavy atom. The number of imidazole rings is 1. The molecule has 2 heterocycles. The monoisotopic (exact) mass is 385 g/mol. The zero-order chi connectivity index (χ0) is 20.4. The van der Waals surface area contributed by atoms with Crippen LogP contribution in [0.25, 0.3) is 28.4 Å². The van der Waals surface area contributed by atoms with E-state index < -0.39 is 4.92 Å². The largest absolute Gasteiger partial charge is 0.497 e. The molecule has 2 aromatic carbocycles. The molecule has 0 aliphatic rings. The summed E-state index contributed by atoms with van der Waals surface area (Å²) in [6.07, 6.45) is 3.47. The lowest BCUT2D eigenvalue weighted by Crippen LogP contribution is -1.97. The zero-order valence-electron chi connectivity index (χ0n) is 15.4. The number of aromatic nitrogens is 3. The Balaban J connectivity index is 1.76. The van der Waals surface area contributed by atoms with Crippen molar-refractivity contribution in [3.63, 3.8) is 0 Å². The van der Waals surface area contributed by atoms with Gasteiger partial charge in [0, 0.05) is 30.1 Å². The normalized spacial score (nSPS) is 11.4. The predicted octanol–water partition coefficient (Wildman–Crippen LogP) is 4.33. The van der Waals surface area contributed by atoms with Crippen LogP contribution in [0.3, 0.4) is 0 Å². The summed E-state index contributed by atoms with van der Waals surface area (Å²) in [5.41, 5.74) is 3.14. The van der Waals surface area contributed by atoms with Crippen molar-refractivity contribution in [2.45, 2.75) is 0 Å². The first-order chi connectivity index (χ1) is 14.1. The Hall–Kier alpha value is -4.38. The fourth-order valence-corrected chi connectivity index (χ4v) is 3.05. The molecule has 0 bridgehead atoms. The highest BCUT2D eigenvalue weighted by Crippen LogP contribution is 2.24. The van der Waals surface area contributed by atoms with Gasteiger partial charge in [-0.2, -0.15) is 5.26 Å². The van der Waals surface area contributed by atoms with E-state index in [4.69, 9.17) is 4.74 Å². The zero-order valence-corrected chi connectivity index (χ0v) is 15.4. The third-order valence-electron chi connectivity index (χ3n) is 4.46. The number of nitriles is 1. The molecule has 0 amide bonds. The minimum Gasteiger partial charge on any atom is -0.497 e. The average Bonchev–Trinajstić information content (AvgIpc) is 3.38. The van der Waals surface area contributed by atoms with E-state index in [1.807, 2.05) is 24.3 Å². The molecule has 4 rings (SSSR count). The molecule has 0 aliphatic heterocycles. The number of hydrogen-bond donors (Lipinski definition) is 1. The molecule has 0 radical (unpaired) electrons. The molecular formula is C21H15N5O3. The van der Waals surface area contributed by atoms with E-state index in [0.29, 0.717) is 28.5 Å². The van der Waals surface area contributed by atoms with E-state index in [9.17, 15) is 15.4 Å². The van der Waals surface area contributed by atoms with Crippen molar-refractivity contribution in [3.8, 4) is 17.5 Å². The van der Waals surface area contributed by atoms with E-state index in [0.717, 1.165) is 11.0 Å². The molecule has 0 saturated carbocycles. The number of nitrogens with one attached hydrogen (secondary N) is 1. The van der Waals surface area contributed by atoms with Gasteiger partial charge in [-0.05, 0) is 36.4 Å². The number of methoxy groups -OCH3 is 1. The smallest absolute Gasteiger partial charge is 0.271 e. The van der Waals surface area contributed by atoms with E-state index in [-0.39, 0.29) is 5.69 Å². The van der Waals surface area contributed by atoms with Crippen molar-refractivity contribution in [2.24, 2.45) is 0 Å². The van der Waals surface area contributed by atoms with Gasteiger partial charge in [-0.3, -0.25) is 10.1 Å². The number of nitro benzene ring substituents is 1. The highest BCUT2D eigenvalue weighted by molar-refractivity contribution is 5.90. The van der Waals surface area contributed by atoms with Crippen LogP contribution in [0, 0.1) is 21.4 Å². The lowest BCUT2D eigenvalue weighted by atomic mass is 10.2. The number of nitro groups is 1. The number of benzene rings is 2. The molecule has 142 valence electrons. The fraction of sp³-hybridized carbons (Fsp3) is 0.0476. The van der Waals surface area contributed by atoms with Gasteiger partial charge in [0.2, 0.25) is 0 Å². The van der Waals surface area contributed by atoms with E-state index in [1.165, 1.54) is 12.1 Å². The Kier molecular flexibility index (Phi) is 4.55. The lowest BCUT2D eigenvalue weighted by molar-refractivity contribution is -0.384. The van der Waals surface area contributed by atoms with Crippen molar-refractivity contribution in [1.29, 1.82) is 5.26 Å². The van der Waals surface area contributed by atoms with Crippen LogP contribution in [-0.4, -0.2) is 26.6 Å². The molecule has 8 nitrogen and oxygen atoms in total. The number of hydrogen-bond acceptors (Lipinski definition) is 5. The number of allylic oxidation sites excluding steroid dienone is 1. The Morgan fingerprint density at radius 1 is 1.28 bits per heavy atom. The van der Waals surface area contributed by atoms with Gasteiger partial charge in [0.15, 0.2) is 0 Å². The van der Waals surface area contributed by atoms with Crippen LogP contribution >= 0.6 is 0 Å². The summed E-state index contributed by atoms with van der Waals surface area (Å²) in [7, 11) is 1.58. The third-order valence-corrected chi connectivity index (χ3v) is 4.46. The van der Waals surface area contributed by atoms with Crippen LogP contribution in [0.5, 0.6) is 5.75 Å². The second-order valence-electron chi connectivity index (χ2n) is 6.22. The molecule has 2 aromatic heterocycles. The Morgan fingerprint density at radius 2 is 2.14 bits per heavy atom. The van der Waals surface area contributed by atoms with Gasteiger partial charge in [0.1, 0.15) is 17.6 Å². The number of non-ortho nitro benzene ring substituents is 1. The average molecular weight is 385 g/mol. The molecule has 4 aromatic rings. The van der Waals surface area contributed by atoms with Gasteiger partial charge < -0.3 is 14.3 Å². The van der Waals surface area contributed by atoms with E-state index in [2.05, 4.69) is 16.0 Å². The maximum atomic E-state index is 11.1. The third kappa shape index (κ3) is 3.44. The summed E-state index contributed by atoms with van der Waals surface area (Å²) in [6, 6.07) is 17.5. The molecular weight excluding hydrogens is 370 g/mol. The van der Waals surface area contributed by atoms with Gasteiger partial charge in [-0.15, -0.1) is 0 Å². The van der Waals surface area contributed by atoms with Crippen LogP contribution in [0.1, 0.15) is 11.5 Å². The number of H-pyrrole nitrogens is 1. The quantitative estimate of drug-likeness (QED) is 0.312. The summed E-state index contributed by atoms with van der Waals surface area (Å²) in [6.45, 7) is 0. The molecule has 0 aliphatic carbocycles. The van der Waals surface area contributed by atoms with Crippen molar-refractivity contribution in [2.75, 3.05) is 7.11 Å². The van der Waals surface area contributed by atoms with Crippen LogP contribution in [0.4, 0.5) is 5.69 Å². The molecule has 0 spiro atoms. The van der Waals surface area contributed by atoms with Crippen LogP contribution < -0.4 is 4.74 Å². The second-order valence-corrected chi connectivity index (χ2v) is 6.22. The highest BCUT2D eigenvalue weighted by atomic mass is 16.6. The number of rotatable bonds is 5. The first-order valence-electron chi connectivity index (χ1n) is 8.67. The number of nitrogens with zero attached hydrogens (tertiary/aromatic N) is 4. The number of aromatic amines is 1. The maximum Gasteiger partial charge on any atom is 0.271 e. The van der Waals surface area contributed by atoms with Crippen molar-refractivity contribution in [3.05, 3.63) is 82.4 Å². The molecule has 1 N–H and O–H groups in total. The standard InChI is InChI=1S/C21H15N5O3/c1-29-18-7-8-19-20(12-18)24-21(23-19)14(13-22)10-15-6-3-9-25(15)16-4-2-5-17(11-16)26(27)28/h2-12H,1H3,(H,23,24)/b14-10+. The minimum absolute atomic E-state index is 0.00197. The molecule has 0 saturated heterocycles. The predicted molar refractivity (Wildman–Crippen MR) is 109 cm³/mol. The molecule has 0 unspecified atom stereocenters. The first kappa shape index (κ1) is 18.0. The van der Waals surface area contributed by atoms with Gasteiger partial charge in [0.25, 0.3) is 5.69 Å². The Bertz CT molecular complexity index is 1290. The SMILES string of the molecule is COc1ccc2nc(/C(C#N)=C/c3cccn3-c3cccc([N+](=O)[O-])c3)[nH]c2c1. The molecule has 8 heteroatoms. The second kappa shape index (κ2) is 7.32. The summed E-state index contributed by atoms with van der Waals surface area (Å²) in [4.78, 5) is 18.2.